The SMILES string of the molecule is CC(C)CC(=O)N1CC2CN(c3cccc(CCC(N)=O)c3)CC2C1. The summed E-state index contributed by atoms with van der Waals surface area (Å²) in [5.41, 5.74) is 7.62. The van der Waals surface area contributed by atoms with Crippen molar-refractivity contribution < 1.29 is 9.59 Å². The maximum Gasteiger partial charge on any atom is 0.222 e. The Morgan fingerprint density at radius 3 is 2.44 bits per heavy atom. The molecule has 0 saturated carbocycles. The smallest absolute Gasteiger partial charge is 0.222 e. The first-order valence-electron chi connectivity index (χ1n) is 9.32. The Kier molecular flexibility index (Phi) is 5.30. The summed E-state index contributed by atoms with van der Waals surface area (Å²) in [5.74, 6) is 1.63. The van der Waals surface area contributed by atoms with E-state index in [1.807, 2.05) is 0 Å². The van der Waals surface area contributed by atoms with E-state index in [-0.39, 0.29) is 5.91 Å². The largest absolute Gasteiger partial charge is 0.371 e. The average molecular weight is 343 g/mol. The topological polar surface area (TPSA) is 66.6 Å². The van der Waals surface area contributed by atoms with Crippen LogP contribution in [-0.4, -0.2) is 42.9 Å². The molecular formula is C20H29N3O2. The molecule has 0 bridgehead atoms. The second kappa shape index (κ2) is 7.46. The van der Waals surface area contributed by atoms with Crippen LogP contribution in [0.3, 0.4) is 0 Å². The maximum atomic E-state index is 12.3. The predicted octanol–water partition coefficient (Wildman–Crippen LogP) is 2.05. The number of likely N-dealkylation sites (tertiary alicyclic amines) is 1. The number of aryl methyl sites for hydroxylation is 1. The summed E-state index contributed by atoms with van der Waals surface area (Å²) in [7, 11) is 0. The van der Waals surface area contributed by atoms with Gasteiger partial charge >= 0.3 is 0 Å². The first kappa shape index (κ1) is 17.8. The number of hydrogen-bond acceptors (Lipinski definition) is 3. The van der Waals surface area contributed by atoms with Crippen LogP contribution in [0.2, 0.25) is 0 Å². The van der Waals surface area contributed by atoms with E-state index < -0.39 is 0 Å². The quantitative estimate of drug-likeness (QED) is 0.859. The Morgan fingerprint density at radius 1 is 1.16 bits per heavy atom. The molecule has 2 N–H and O–H groups in total. The molecule has 2 amide bonds. The van der Waals surface area contributed by atoms with Crippen molar-refractivity contribution in [2.45, 2.75) is 33.1 Å². The van der Waals surface area contributed by atoms with E-state index in [1.54, 1.807) is 0 Å². The van der Waals surface area contributed by atoms with E-state index in [9.17, 15) is 9.59 Å². The molecule has 3 rings (SSSR count). The number of nitrogens with zero attached hydrogens (tertiary/aromatic N) is 2. The molecule has 0 spiro atoms. The van der Waals surface area contributed by atoms with Gasteiger partial charge < -0.3 is 15.5 Å². The van der Waals surface area contributed by atoms with E-state index in [4.69, 9.17) is 5.73 Å². The van der Waals surface area contributed by atoms with Gasteiger partial charge in [-0.05, 0) is 30.0 Å². The van der Waals surface area contributed by atoms with Crippen LogP contribution in [0.25, 0.3) is 0 Å². The highest BCUT2D eigenvalue weighted by Crippen LogP contribution is 2.34. The lowest BCUT2D eigenvalue weighted by atomic mass is 10.0. The van der Waals surface area contributed by atoms with Crippen LogP contribution >= 0.6 is 0 Å². The Bertz CT molecular complexity index is 630. The fourth-order valence-corrected chi connectivity index (χ4v) is 4.06. The van der Waals surface area contributed by atoms with Crippen molar-refractivity contribution in [1.82, 2.24) is 4.90 Å². The first-order chi connectivity index (χ1) is 11.9. The van der Waals surface area contributed by atoms with E-state index >= 15 is 0 Å². The summed E-state index contributed by atoms with van der Waals surface area (Å²) in [5, 5.41) is 0. The molecule has 25 heavy (non-hydrogen) atoms. The fourth-order valence-electron chi connectivity index (χ4n) is 4.06. The van der Waals surface area contributed by atoms with Gasteiger partial charge in [0.1, 0.15) is 0 Å². The van der Waals surface area contributed by atoms with Crippen LogP contribution in [0.1, 0.15) is 32.3 Å². The molecule has 136 valence electrons. The molecule has 2 atom stereocenters. The Morgan fingerprint density at radius 2 is 1.84 bits per heavy atom. The number of fused-ring (bicyclic) bond motifs is 1. The van der Waals surface area contributed by atoms with Crippen molar-refractivity contribution in [3.63, 3.8) is 0 Å². The lowest BCUT2D eigenvalue weighted by Crippen LogP contribution is -2.33. The Balaban J connectivity index is 1.57. The van der Waals surface area contributed by atoms with Crippen LogP contribution in [0.5, 0.6) is 0 Å². The number of benzene rings is 1. The second-order valence-corrected chi connectivity index (χ2v) is 7.96. The summed E-state index contributed by atoms with van der Waals surface area (Å²) < 4.78 is 0. The summed E-state index contributed by atoms with van der Waals surface area (Å²) in [6.07, 6.45) is 1.74. The molecule has 0 aliphatic carbocycles. The molecule has 5 heteroatoms. The van der Waals surface area contributed by atoms with Gasteiger partial charge in [-0.3, -0.25) is 9.59 Å². The third-order valence-corrected chi connectivity index (χ3v) is 5.36. The summed E-state index contributed by atoms with van der Waals surface area (Å²) in [4.78, 5) is 27.8. The molecule has 5 nitrogen and oxygen atoms in total. The van der Waals surface area contributed by atoms with Gasteiger partial charge in [-0.1, -0.05) is 26.0 Å². The van der Waals surface area contributed by atoms with E-state index in [1.165, 1.54) is 5.69 Å². The number of primary amides is 1. The molecule has 2 aliphatic heterocycles. The number of carbonyl (C=O) groups is 2. The summed E-state index contributed by atoms with van der Waals surface area (Å²) >= 11 is 0. The minimum Gasteiger partial charge on any atom is -0.371 e. The lowest BCUT2D eigenvalue weighted by molar-refractivity contribution is -0.131. The minimum absolute atomic E-state index is 0.257. The molecule has 2 unspecified atom stereocenters. The summed E-state index contributed by atoms with van der Waals surface area (Å²) in [6.45, 7) is 8.01. The van der Waals surface area contributed by atoms with Gasteiger partial charge in [0.2, 0.25) is 11.8 Å². The van der Waals surface area contributed by atoms with Crippen LogP contribution in [0.15, 0.2) is 24.3 Å². The van der Waals surface area contributed by atoms with Crippen molar-refractivity contribution in [3.05, 3.63) is 29.8 Å². The van der Waals surface area contributed by atoms with Gasteiger partial charge in [-0.15, -0.1) is 0 Å². The molecule has 0 aromatic heterocycles. The third kappa shape index (κ3) is 4.33. The van der Waals surface area contributed by atoms with Gasteiger partial charge in [-0.25, -0.2) is 0 Å². The number of carbonyl (C=O) groups excluding carboxylic acids is 2. The van der Waals surface area contributed by atoms with Crippen molar-refractivity contribution in [2.75, 3.05) is 31.1 Å². The maximum absolute atomic E-state index is 12.3. The van der Waals surface area contributed by atoms with Crippen LogP contribution in [-0.2, 0) is 16.0 Å². The molecule has 1 aromatic carbocycles. The fraction of sp³-hybridized carbons (Fsp3) is 0.600. The molecule has 2 heterocycles. The zero-order chi connectivity index (χ0) is 18.0. The van der Waals surface area contributed by atoms with Crippen LogP contribution in [0, 0.1) is 17.8 Å². The first-order valence-corrected chi connectivity index (χ1v) is 9.32. The zero-order valence-corrected chi connectivity index (χ0v) is 15.3. The highest BCUT2D eigenvalue weighted by Gasteiger charge is 2.41. The predicted molar refractivity (Wildman–Crippen MR) is 99.2 cm³/mol. The normalized spacial score (nSPS) is 22.5. The highest BCUT2D eigenvalue weighted by molar-refractivity contribution is 5.77. The van der Waals surface area contributed by atoms with Crippen molar-refractivity contribution in [2.24, 2.45) is 23.5 Å². The van der Waals surface area contributed by atoms with Gasteiger partial charge in [0.25, 0.3) is 0 Å². The van der Waals surface area contributed by atoms with Crippen molar-refractivity contribution in [1.29, 1.82) is 0 Å². The standard InChI is InChI=1S/C20H29N3O2/c1-14(2)8-20(25)23-12-16-10-22(11-17(16)13-23)18-5-3-4-15(9-18)6-7-19(21)24/h3-5,9,14,16-17H,6-8,10-13H2,1-2H3,(H2,21,24). The van der Waals surface area contributed by atoms with Crippen LogP contribution < -0.4 is 10.6 Å². The number of anilines is 1. The van der Waals surface area contributed by atoms with Gasteiger partial charge in [0, 0.05) is 56.5 Å². The van der Waals surface area contributed by atoms with Crippen molar-refractivity contribution in [3.8, 4) is 0 Å². The van der Waals surface area contributed by atoms with E-state index in [2.05, 4.69) is 47.9 Å². The highest BCUT2D eigenvalue weighted by atomic mass is 16.2. The number of nitrogens with two attached hydrogens (primary N) is 1. The van der Waals surface area contributed by atoms with Crippen LogP contribution in [0.4, 0.5) is 5.69 Å². The number of rotatable bonds is 6. The molecule has 2 saturated heterocycles. The molecule has 2 aliphatic rings. The number of amides is 2. The molecule has 1 aromatic rings. The zero-order valence-electron chi connectivity index (χ0n) is 15.3. The minimum atomic E-state index is -0.257. The molecular weight excluding hydrogens is 314 g/mol. The van der Waals surface area contributed by atoms with E-state index in [0.717, 1.165) is 31.7 Å². The van der Waals surface area contributed by atoms with E-state index in [0.29, 0.717) is 42.9 Å². The van der Waals surface area contributed by atoms with Gasteiger partial charge in [-0.2, -0.15) is 0 Å². The second-order valence-electron chi connectivity index (χ2n) is 7.96. The van der Waals surface area contributed by atoms with Crippen molar-refractivity contribution >= 4 is 17.5 Å². The third-order valence-electron chi connectivity index (χ3n) is 5.36. The Labute approximate surface area is 150 Å². The Hall–Kier alpha value is -2.04. The number of hydrogen-bond donors (Lipinski definition) is 1. The lowest BCUT2D eigenvalue weighted by Gasteiger charge is -2.24. The monoisotopic (exact) mass is 343 g/mol. The average Bonchev–Trinajstić information content (AvgIpc) is 3.11. The summed E-state index contributed by atoms with van der Waals surface area (Å²) in [6, 6.07) is 8.41. The molecule has 2 fully saturated rings. The van der Waals surface area contributed by atoms with Gasteiger partial charge in [0.05, 0.1) is 0 Å². The molecule has 0 radical (unpaired) electrons. The van der Waals surface area contributed by atoms with Gasteiger partial charge in [0.15, 0.2) is 0 Å².